The zero-order valence-corrected chi connectivity index (χ0v) is 15.8. The predicted octanol–water partition coefficient (Wildman–Crippen LogP) is 4.45. The highest BCUT2D eigenvalue weighted by molar-refractivity contribution is 8.17. The number of hydrogen-bond donors (Lipinski definition) is 0. The van der Waals surface area contributed by atoms with E-state index in [1.807, 2.05) is 60.7 Å². The maximum absolute atomic E-state index is 13.0. The largest absolute Gasteiger partial charge is 0.344 e. The standard InChI is InChI=1S/C21H19NO2S2/c23-26(24,20-14-8-3-9-15-20)21(25)22(16-18-10-4-1-5-11-18)17-19-12-6-2-7-13-19/h1-15H,16-17H2. The molecule has 0 bridgehead atoms. The zero-order valence-electron chi connectivity index (χ0n) is 14.2. The van der Waals surface area contributed by atoms with E-state index in [1.54, 1.807) is 35.2 Å². The van der Waals surface area contributed by atoms with Gasteiger partial charge in [-0.2, -0.15) is 0 Å². The highest BCUT2D eigenvalue weighted by atomic mass is 32.2. The van der Waals surface area contributed by atoms with Crippen molar-refractivity contribution in [2.45, 2.75) is 18.0 Å². The summed E-state index contributed by atoms with van der Waals surface area (Å²) in [6.07, 6.45) is 0. The first kappa shape index (κ1) is 18.3. The van der Waals surface area contributed by atoms with Crippen LogP contribution >= 0.6 is 12.2 Å². The molecule has 0 aliphatic rings. The number of benzene rings is 3. The Kier molecular flexibility index (Phi) is 5.81. The minimum Gasteiger partial charge on any atom is -0.344 e. The zero-order chi connectivity index (χ0) is 18.4. The lowest BCUT2D eigenvalue weighted by molar-refractivity contribution is 0.418. The molecule has 0 aliphatic carbocycles. The van der Waals surface area contributed by atoms with Crippen molar-refractivity contribution in [3.8, 4) is 0 Å². The van der Waals surface area contributed by atoms with Gasteiger partial charge in [0.05, 0.1) is 4.90 Å². The molecule has 0 spiro atoms. The van der Waals surface area contributed by atoms with Crippen LogP contribution in [0.2, 0.25) is 0 Å². The first-order chi connectivity index (χ1) is 12.6. The van der Waals surface area contributed by atoms with Crippen LogP contribution in [0.3, 0.4) is 0 Å². The van der Waals surface area contributed by atoms with Gasteiger partial charge in [-0.3, -0.25) is 0 Å². The van der Waals surface area contributed by atoms with E-state index in [4.69, 9.17) is 12.2 Å². The molecule has 0 amide bonds. The average Bonchev–Trinajstić information content (AvgIpc) is 2.69. The SMILES string of the molecule is O=S(=O)(C(=S)N(Cc1ccccc1)Cc1ccccc1)c1ccccc1. The second-order valence-electron chi connectivity index (χ2n) is 5.91. The number of sulfone groups is 1. The molecule has 0 saturated carbocycles. The Morgan fingerprint density at radius 1 is 0.692 bits per heavy atom. The normalized spacial score (nSPS) is 11.1. The maximum Gasteiger partial charge on any atom is 0.232 e. The van der Waals surface area contributed by atoms with Crippen molar-refractivity contribution in [3.05, 3.63) is 102 Å². The molecule has 0 saturated heterocycles. The first-order valence-corrected chi connectivity index (χ1v) is 10.1. The van der Waals surface area contributed by atoms with Crippen LogP contribution < -0.4 is 0 Å². The van der Waals surface area contributed by atoms with Gasteiger partial charge >= 0.3 is 0 Å². The molecule has 132 valence electrons. The Bertz CT molecular complexity index is 915. The molecule has 0 unspecified atom stereocenters. The monoisotopic (exact) mass is 381 g/mol. The van der Waals surface area contributed by atoms with Crippen LogP contribution in [-0.4, -0.2) is 17.6 Å². The summed E-state index contributed by atoms with van der Waals surface area (Å²) in [5.41, 5.74) is 2.02. The molecule has 0 aromatic heterocycles. The van der Waals surface area contributed by atoms with E-state index >= 15 is 0 Å². The third-order valence-electron chi connectivity index (χ3n) is 3.97. The molecule has 3 nitrogen and oxygen atoms in total. The lowest BCUT2D eigenvalue weighted by atomic mass is 10.2. The molecular formula is C21H19NO2S2. The van der Waals surface area contributed by atoms with E-state index in [0.717, 1.165) is 11.1 Å². The fraction of sp³-hybridized carbons (Fsp3) is 0.0952. The molecule has 3 aromatic carbocycles. The van der Waals surface area contributed by atoms with E-state index in [9.17, 15) is 8.42 Å². The Balaban J connectivity index is 1.92. The summed E-state index contributed by atoms with van der Waals surface area (Å²) in [4.78, 5) is 1.96. The van der Waals surface area contributed by atoms with Gasteiger partial charge in [-0.05, 0) is 35.5 Å². The summed E-state index contributed by atoms with van der Waals surface area (Å²) in [6, 6.07) is 27.8. The lowest BCUT2D eigenvalue weighted by Gasteiger charge is -2.25. The summed E-state index contributed by atoms with van der Waals surface area (Å²) < 4.78 is 25.9. The molecule has 3 aromatic rings. The molecule has 0 radical (unpaired) electrons. The topological polar surface area (TPSA) is 37.4 Å². The number of nitrogens with zero attached hydrogens (tertiary/aromatic N) is 1. The number of hydrogen-bond acceptors (Lipinski definition) is 3. The summed E-state index contributed by atoms with van der Waals surface area (Å²) in [7, 11) is -3.72. The highest BCUT2D eigenvalue weighted by Gasteiger charge is 2.26. The van der Waals surface area contributed by atoms with Crippen LogP contribution in [0.5, 0.6) is 0 Å². The van der Waals surface area contributed by atoms with E-state index < -0.39 is 9.84 Å². The third-order valence-corrected chi connectivity index (χ3v) is 6.50. The molecule has 5 heteroatoms. The van der Waals surface area contributed by atoms with Gasteiger partial charge in [0.1, 0.15) is 0 Å². The minimum absolute atomic E-state index is 0.0589. The van der Waals surface area contributed by atoms with Crippen LogP contribution in [-0.2, 0) is 22.9 Å². The van der Waals surface area contributed by atoms with Crippen molar-refractivity contribution >= 4 is 26.4 Å². The molecule has 0 atom stereocenters. The predicted molar refractivity (Wildman–Crippen MR) is 108 cm³/mol. The molecule has 3 rings (SSSR count). The summed E-state index contributed by atoms with van der Waals surface area (Å²) in [6.45, 7) is 0.862. The van der Waals surface area contributed by atoms with Crippen molar-refractivity contribution in [1.29, 1.82) is 0 Å². The van der Waals surface area contributed by atoms with Crippen LogP contribution in [0.1, 0.15) is 11.1 Å². The van der Waals surface area contributed by atoms with Crippen LogP contribution in [0.25, 0.3) is 0 Å². The molecule has 0 fully saturated rings. The Hall–Kier alpha value is -2.50. The molecule has 0 heterocycles. The summed E-state index contributed by atoms with van der Waals surface area (Å²) >= 11 is 5.43. The quantitative estimate of drug-likeness (QED) is 0.612. The summed E-state index contributed by atoms with van der Waals surface area (Å²) in [5, 5.41) is 0. The van der Waals surface area contributed by atoms with Gasteiger partial charge in [0.25, 0.3) is 0 Å². The smallest absolute Gasteiger partial charge is 0.232 e. The molecule has 0 aliphatic heterocycles. The first-order valence-electron chi connectivity index (χ1n) is 8.24. The Morgan fingerprint density at radius 2 is 1.08 bits per heavy atom. The van der Waals surface area contributed by atoms with Crippen molar-refractivity contribution in [2.24, 2.45) is 0 Å². The third kappa shape index (κ3) is 4.36. The van der Waals surface area contributed by atoms with Gasteiger partial charge in [0, 0.05) is 13.1 Å². The van der Waals surface area contributed by atoms with Crippen LogP contribution in [0, 0.1) is 0 Å². The van der Waals surface area contributed by atoms with E-state index in [0.29, 0.717) is 13.1 Å². The van der Waals surface area contributed by atoms with Crippen LogP contribution in [0.15, 0.2) is 95.9 Å². The van der Waals surface area contributed by atoms with Crippen molar-refractivity contribution in [1.82, 2.24) is 4.90 Å². The van der Waals surface area contributed by atoms with Gasteiger partial charge in [-0.25, -0.2) is 8.42 Å². The van der Waals surface area contributed by atoms with Crippen molar-refractivity contribution < 1.29 is 8.42 Å². The van der Waals surface area contributed by atoms with E-state index in [2.05, 4.69) is 0 Å². The van der Waals surface area contributed by atoms with Crippen LogP contribution in [0.4, 0.5) is 0 Å². The Labute approximate surface area is 159 Å². The second-order valence-corrected chi connectivity index (χ2v) is 8.42. The van der Waals surface area contributed by atoms with Gasteiger partial charge in [-0.15, -0.1) is 0 Å². The van der Waals surface area contributed by atoms with Gasteiger partial charge in [0.15, 0.2) is 0 Å². The fourth-order valence-corrected chi connectivity index (χ4v) is 4.27. The van der Waals surface area contributed by atoms with Gasteiger partial charge in [0.2, 0.25) is 14.2 Å². The fourth-order valence-electron chi connectivity index (χ4n) is 2.66. The minimum atomic E-state index is -3.72. The highest BCUT2D eigenvalue weighted by Crippen LogP contribution is 2.19. The average molecular weight is 382 g/mol. The van der Waals surface area contributed by atoms with Gasteiger partial charge < -0.3 is 4.90 Å². The number of thiocarbonyl (C=S) groups is 1. The van der Waals surface area contributed by atoms with E-state index in [1.165, 1.54) is 0 Å². The van der Waals surface area contributed by atoms with Crippen molar-refractivity contribution in [2.75, 3.05) is 0 Å². The molecular weight excluding hydrogens is 362 g/mol. The lowest BCUT2D eigenvalue weighted by Crippen LogP contribution is -2.34. The second kappa shape index (κ2) is 8.25. The van der Waals surface area contributed by atoms with E-state index in [-0.39, 0.29) is 9.22 Å². The molecule has 0 N–H and O–H groups in total. The number of rotatable bonds is 5. The molecule has 26 heavy (non-hydrogen) atoms. The van der Waals surface area contributed by atoms with Gasteiger partial charge in [-0.1, -0.05) is 78.9 Å². The van der Waals surface area contributed by atoms with Crippen molar-refractivity contribution in [3.63, 3.8) is 0 Å². The maximum atomic E-state index is 13.0. The Morgan fingerprint density at radius 3 is 1.50 bits per heavy atom. The summed E-state index contributed by atoms with van der Waals surface area (Å²) in [5.74, 6) is 0.